The van der Waals surface area contributed by atoms with E-state index >= 15 is 0 Å². The number of hydrogen-bond donors (Lipinski definition) is 3. The van der Waals surface area contributed by atoms with Crippen LogP contribution in [0, 0.1) is 0 Å². The van der Waals surface area contributed by atoms with Crippen molar-refractivity contribution in [1.29, 1.82) is 0 Å². The average molecular weight is 539 g/mol. The standard InChI is InChI=1S/C25H26N6O4S2/c26-22(32)15-31(37(34,35)18-12-11-16-6-1-2-7-17(16)14-18)13-5-9-20(30-25(27)28)23(33)24-29-19-8-3-4-10-21(19)36-24/h1-4,6-8,10-12,14,20H,5,9,13,15H2,(H2,26,32)(H4,27,28,30). The number of fused-ring (bicyclic) bond motifs is 2. The maximum Gasteiger partial charge on any atom is 0.243 e. The number of thiazole rings is 1. The Hall–Kier alpha value is -3.87. The Kier molecular flexibility index (Phi) is 7.81. The Morgan fingerprint density at radius 3 is 2.38 bits per heavy atom. The number of carbonyl (C=O) groups is 2. The molecule has 0 aliphatic carbocycles. The topological polar surface area (TPSA) is 175 Å². The van der Waals surface area contributed by atoms with Crippen LogP contribution in [0.25, 0.3) is 21.0 Å². The van der Waals surface area contributed by atoms with Crippen molar-refractivity contribution in [2.24, 2.45) is 22.2 Å². The summed E-state index contributed by atoms with van der Waals surface area (Å²) < 4.78 is 28.6. The smallest absolute Gasteiger partial charge is 0.243 e. The van der Waals surface area contributed by atoms with Crippen LogP contribution in [0.5, 0.6) is 0 Å². The van der Waals surface area contributed by atoms with Crippen molar-refractivity contribution >= 4 is 60.0 Å². The summed E-state index contributed by atoms with van der Waals surface area (Å²) in [7, 11) is -4.05. The van der Waals surface area contributed by atoms with Gasteiger partial charge in [0.05, 0.1) is 21.7 Å². The number of rotatable bonds is 11. The number of guanidine groups is 1. The molecule has 1 atom stereocenters. The number of nitrogens with zero attached hydrogens (tertiary/aromatic N) is 3. The van der Waals surface area contributed by atoms with Crippen LogP contribution in [0.15, 0.2) is 76.6 Å². The van der Waals surface area contributed by atoms with Crippen LogP contribution in [0.3, 0.4) is 0 Å². The average Bonchev–Trinajstić information content (AvgIpc) is 3.30. The minimum atomic E-state index is -4.05. The van der Waals surface area contributed by atoms with Crippen LogP contribution in [0.1, 0.15) is 22.6 Å². The molecule has 0 aliphatic rings. The molecule has 3 aromatic carbocycles. The molecule has 1 unspecified atom stereocenters. The second-order valence-electron chi connectivity index (χ2n) is 8.38. The van der Waals surface area contributed by atoms with Gasteiger partial charge in [0.25, 0.3) is 0 Å². The first kappa shape index (κ1) is 26.2. The van der Waals surface area contributed by atoms with E-state index in [1.807, 2.05) is 36.4 Å². The highest BCUT2D eigenvalue weighted by molar-refractivity contribution is 7.89. The van der Waals surface area contributed by atoms with Crippen molar-refractivity contribution < 1.29 is 18.0 Å². The number of benzene rings is 3. The van der Waals surface area contributed by atoms with Crippen molar-refractivity contribution in [3.05, 3.63) is 71.7 Å². The number of primary amides is 1. The molecule has 0 bridgehead atoms. The van der Waals surface area contributed by atoms with Gasteiger partial charge in [-0.3, -0.25) is 9.59 Å². The number of para-hydroxylation sites is 1. The molecule has 192 valence electrons. The zero-order valence-electron chi connectivity index (χ0n) is 19.8. The van der Waals surface area contributed by atoms with Crippen molar-refractivity contribution in [3.8, 4) is 0 Å². The quantitative estimate of drug-likeness (QED) is 0.149. The molecule has 0 fully saturated rings. The molecular weight excluding hydrogens is 512 g/mol. The molecule has 4 aromatic rings. The lowest BCUT2D eigenvalue weighted by Gasteiger charge is -2.21. The van der Waals surface area contributed by atoms with Crippen molar-refractivity contribution in [2.45, 2.75) is 23.8 Å². The summed E-state index contributed by atoms with van der Waals surface area (Å²) in [5.74, 6) is -1.43. The van der Waals surface area contributed by atoms with Gasteiger partial charge in [-0.05, 0) is 47.9 Å². The largest absolute Gasteiger partial charge is 0.370 e. The van der Waals surface area contributed by atoms with E-state index in [9.17, 15) is 18.0 Å². The predicted molar refractivity (Wildman–Crippen MR) is 145 cm³/mol. The molecule has 0 saturated heterocycles. The number of aromatic nitrogens is 1. The van der Waals surface area contributed by atoms with Crippen molar-refractivity contribution in [3.63, 3.8) is 0 Å². The maximum absolute atomic E-state index is 13.4. The minimum absolute atomic E-state index is 0.0405. The molecule has 0 aliphatic heterocycles. The van der Waals surface area contributed by atoms with Gasteiger partial charge in [-0.15, -0.1) is 11.3 Å². The van der Waals surface area contributed by atoms with Crippen molar-refractivity contribution in [1.82, 2.24) is 9.29 Å². The molecule has 0 radical (unpaired) electrons. The molecule has 0 spiro atoms. The summed E-state index contributed by atoms with van der Waals surface area (Å²) in [5, 5.41) is 1.89. The highest BCUT2D eigenvalue weighted by Crippen LogP contribution is 2.25. The van der Waals surface area contributed by atoms with Crippen LogP contribution < -0.4 is 17.2 Å². The van der Waals surface area contributed by atoms with Gasteiger partial charge in [0.2, 0.25) is 21.7 Å². The van der Waals surface area contributed by atoms with Crippen LogP contribution in [0.4, 0.5) is 0 Å². The number of carbonyl (C=O) groups excluding carboxylic acids is 2. The monoisotopic (exact) mass is 538 g/mol. The number of aliphatic imine (C=N–C) groups is 1. The highest BCUT2D eigenvalue weighted by Gasteiger charge is 2.28. The van der Waals surface area contributed by atoms with Gasteiger partial charge in [-0.1, -0.05) is 42.5 Å². The Bertz CT molecular complexity index is 1560. The number of ketones is 1. The van der Waals surface area contributed by atoms with E-state index in [1.54, 1.807) is 24.3 Å². The molecule has 6 N–H and O–H groups in total. The second kappa shape index (κ2) is 11.0. The first-order chi connectivity index (χ1) is 17.6. The van der Waals surface area contributed by atoms with E-state index < -0.39 is 28.5 Å². The summed E-state index contributed by atoms with van der Waals surface area (Å²) in [6.07, 6.45) is 0.327. The lowest BCUT2D eigenvalue weighted by molar-refractivity contribution is -0.118. The molecule has 10 nitrogen and oxygen atoms in total. The molecule has 12 heteroatoms. The molecule has 1 amide bonds. The zero-order chi connectivity index (χ0) is 26.6. The summed E-state index contributed by atoms with van der Waals surface area (Å²) in [4.78, 5) is 33.4. The van der Waals surface area contributed by atoms with Gasteiger partial charge in [0.15, 0.2) is 11.0 Å². The Balaban J connectivity index is 1.53. The first-order valence-corrected chi connectivity index (χ1v) is 13.7. The molecule has 1 heterocycles. The van der Waals surface area contributed by atoms with E-state index in [0.29, 0.717) is 5.52 Å². The van der Waals surface area contributed by atoms with E-state index in [4.69, 9.17) is 17.2 Å². The minimum Gasteiger partial charge on any atom is -0.370 e. The Labute approximate surface area is 217 Å². The number of Topliss-reactive ketones (excluding diaryl/α,β-unsaturated/α-hetero) is 1. The number of sulfonamides is 1. The lowest BCUT2D eigenvalue weighted by atomic mass is 10.1. The van der Waals surface area contributed by atoms with E-state index in [2.05, 4.69) is 9.98 Å². The van der Waals surface area contributed by atoms with Crippen molar-refractivity contribution in [2.75, 3.05) is 13.1 Å². The molecular formula is C25H26N6O4S2. The SMILES string of the molecule is NC(=O)CN(CCCC(N=C(N)N)C(=O)c1nc2ccccc2s1)S(=O)(=O)c1ccc2ccccc2c1. The Morgan fingerprint density at radius 2 is 1.68 bits per heavy atom. The summed E-state index contributed by atoms with van der Waals surface area (Å²) in [6, 6.07) is 18.5. The molecule has 37 heavy (non-hydrogen) atoms. The molecule has 4 rings (SSSR count). The normalized spacial score (nSPS) is 12.6. The maximum atomic E-state index is 13.4. The van der Waals surface area contributed by atoms with Crippen LogP contribution in [-0.4, -0.2) is 54.5 Å². The van der Waals surface area contributed by atoms with Crippen LogP contribution in [-0.2, 0) is 14.8 Å². The number of amides is 1. The fourth-order valence-electron chi connectivity index (χ4n) is 3.95. The van der Waals surface area contributed by atoms with Gasteiger partial charge in [-0.2, -0.15) is 4.31 Å². The predicted octanol–water partition coefficient (Wildman–Crippen LogP) is 2.23. The third kappa shape index (κ3) is 6.10. The van der Waals surface area contributed by atoms with E-state index in [1.165, 1.54) is 17.4 Å². The zero-order valence-corrected chi connectivity index (χ0v) is 21.4. The fraction of sp³-hybridized carbons (Fsp3) is 0.200. The first-order valence-electron chi connectivity index (χ1n) is 11.4. The Morgan fingerprint density at radius 1 is 0.973 bits per heavy atom. The number of nitrogens with two attached hydrogens (primary N) is 3. The van der Waals surface area contributed by atoms with E-state index in [-0.39, 0.29) is 41.0 Å². The second-order valence-corrected chi connectivity index (χ2v) is 11.3. The molecule has 0 saturated carbocycles. The summed E-state index contributed by atoms with van der Waals surface area (Å²) in [6.45, 7) is -0.574. The third-order valence-electron chi connectivity index (χ3n) is 5.69. The summed E-state index contributed by atoms with van der Waals surface area (Å²) >= 11 is 1.23. The molecule has 1 aromatic heterocycles. The van der Waals surface area contributed by atoms with Crippen LogP contribution >= 0.6 is 11.3 Å². The van der Waals surface area contributed by atoms with Gasteiger partial charge in [-0.25, -0.2) is 18.4 Å². The van der Waals surface area contributed by atoms with Gasteiger partial charge in [0, 0.05) is 6.54 Å². The third-order valence-corrected chi connectivity index (χ3v) is 8.58. The van der Waals surface area contributed by atoms with E-state index in [0.717, 1.165) is 19.8 Å². The fourth-order valence-corrected chi connectivity index (χ4v) is 6.38. The lowest BCUT2D eigenvalue weighted by Crippen LogP contribution is -2.39. The summed E-state index contributed by atoms with van der Waals surface area (Å²) in [5.41, 5.74) is 17.2. The highest BCUT2D eigenvalue weighted by atomic mass is 32.2. The van der Waals surface area contributed by atoms with Gasteiger partial charge in [0.1, 0.15) is 6.04 Å². The van der Waals surface area contributed by atoms with Gasteiger partial charge >= 0.3 is 0 Å². The van der Waals surface area contributed by atoms with Crippen LogP contribution in [0.2, 0.25) is 0 Å². The van der Waals surface area contributed by atoms with Gasteiger partial charge < -0.3 is 17.2 Å². The number of hydrogen-bond acceptors (Lipinski definition) is 7.